The summed E-state index contributed by atoms with van der Waals surface area (Å²) in [7, 11) is 0. The second kappa shape index (κ2) is 6.65. The number of ether oxygens (including phenoxy) is 1. The molecule has 1 aliphatic heterocycles. The third-order valence-corrected chi connectivity index (χ3v) is 2.70. The summed E-state index contributed by atoms with van der Waals surface area (Å²) in [5.74, 6) is 5.89. The highest BCUT2D eigenvalue weighted by atomic mass is 16.6. The Balaban J connectivity index is 2.27. The van der Waals surface area contributed by atoms with E-state index in [1.807, 2.05) is 27.7 Å². The van der Waals surface area contributed by atoms with E-state index >= 15 is 0 Å². The van der Waals surface area contributed by atoms with Gasteiger partial charge in [0.25, 0.3) is 0 Å². The first-order valence-electron chi connectivity index (χ1n) is 6.53. The third kappa shape index (κ3) is 5.42. The van der Waals surface area contributed by atoms with Gasteiger partial charge in [0.2, 0.25) is 0 Å². The normalized spacial score (nSPS) is 19.3. The van der Waals surface area contributed by atoms with Gasteiger partial charge in [-0.05, 0) is 34.1 Å². The fraction of sp³-hybridized carbons (Fsp3) is 0.786. The summed E-state index contributed by atoms with van der Waals surface area (Å²) >= 11 is 0. The highest BCUT2D eigenvalue weighted by molar-refractivity contribution is 5.68. The lowest BCUT2D eigenvalue weighted by molar-refractivity contribution is 0.0291. The zero-order chi connectivity index (χ0) is 13.6. The zero-order valence-corrected chi connectivity index (χ0v) is 11.9. The van der Waals surface area contributed by atoms with E-state index in [1.54, 1.807) is 4.90 Å². The Morgan fingerprint density at radius 3 is 2.83 bits per heavy atom. The van der Waals surface area contributed by atoms with Crippen molar-refractivity contribution >= 4 is 6.09 Å². The molecule has 0 aromatic heterocycles. The van der Waals surface area contributed by atoms with E-state index in [0.29, 0.717) is 6.04 Å². The molecule has 1 atom stereocenters. The van der Waals surface area contributed by atoms with Gasteiger partial charge in [0, 0.05) is 32.1 Å². The molecule has 1 N–H and O–H groups in total. The molecule has 4 heteroatoms. The summed E-state index contributed by atoms with van der Waals surface area (Å²) in [5, 5.41) is 3.41. The van der Waals surface area contributed by atoms with Crippen LogP contribution >= 0.6 is 0 Å². The Kier molecular flexibility index (Phi) is 5.49. The molecule has 0 spiro atoms. The maximum Gasteiger partial charge on any atom is 0.410 e. The molecule has 0 radical (unpaired) electrons. The summed E-state index contributed by atoms with van der Waals surface area (Å²) in [4.78, 5) is 13.6. The Labute approximate surface area is 110 Å². The summed E-state index contributed by atoms with van der Waals surface area (Å²) < 4.78 is 5.35. The maximum absolute atomic E-state index is 11.8. The van der Waals surface area contributed by atoms with Crippen LogP contribution in [0.15, 0.2) is 0 Å². The van der Waals surface area contributed by atoms with Gasteiger partial charge in [0.15, 0.2) is 0 Å². The second-order valence-corrected chi connectivity index (χ2v) is 5.54. The van der Waals surface area contributed by atoms with Crippen LogP contribution in [0.3, 0.4) is 0 Å². The van der Waals surface area contributed by atoms with E-state index < -0.39 is 5.60 Å². The molecular formula is C14H24N2O2. The minimum Gasteiger partial charge on any atom is -0.444 e. The largest absolute Gasteiger partial charge is 0.444 e. The average molecular weight is 252 g/mol. The molecule has 0 saturated carbocycles. The van der Waals surface area contributed by atoms with Crippen molar-refractivity contribution < 1.29 is 9.53 Å². The van der Waals surface area contributed by atoms with E-state index in [9.17, 15) is 4.79 Å². The first-order valence-corrected chi connectivity index (χ1v) is 6.53. The van der Waals surface area contributed by atoms with Crippen LogP contribution < -0.4 is 5.32 Å². The average Bonchev–Trinajstić information content (AvgIpc) is 2.71. The zero-order valence-electron chi connectivity index (χ0n) is 11.9. The van der Waals surface area contributed by atoms with Gasteiger partial charge in [-0.15, -0.1) is 11.8 Å². The lowest BCUT2D eigenvalue weighted by Gasteiger charge is -2.24. The molecule has 1 aliphatic rings. The predicted octanol–water partition coefficient (Wildman–Crippen LogP) is 2.00. The first kappa shape index (κ1) is 14.8. The molecule has 102 valence electrons. The monoisotopic (exact) mass is 252 g/mol. The second-order valence-electron chi connectivity index (χ2n) is 5.54. The molecule has 0 aliphatic carbocycles. The lowest BCUT2D eigenvalue weighted by Crippen LogP contribution is -2.38. The van der Waals surface area contributed by atoms with Gasteiger partial charge in [-0.2, -0.15) is 0 Å². The van der Waals surface area contributed by atoms with Crippen LogP contribution in [0.1, 0.15) is 40.5 Å². The quantitative estimate of drug-likeness (QED) is 0.617. The molecular weight excluding hydrogens is 228 g/mol. The number of carbonyl (C=O) groups is 1. The van der Waals surface area contributed by atoms with Crippen LogP contribution in [-0.2, 0) is 4.74 Å². The molecule has 1 rings (SSSR count). The number of hydrogen-bond donors (Lipinski definition) is 1. The van der Waals surface area contributed by atoms with Gasteiger partial charge >= 0.3 is 6.09 Å². The fourth-order valence-corrected chi connectivity index (χ4v) is 1.88. The van der Waals surface area contributed by atoms with Crippen molar-refractivity contribution in [2.45, 2.75) is 52.2 Å². The smallest absolute Gasteiger partial charge is 0.410 e. The van der Waals surface area contributed by atoms with Crippen LogP contribution in [0.5, 0.6) is 0 Å². The third-order valence-electron chi connectivity index (χ3n) is 2.70. The number of amides is 1. The fourth-order valence-electron chi connectivity index (χ4n) is 1.88. The van der Waals surface area contributed by atoms with Gasteiger partial charge in [-0.3, -0.25) is 0 Å². The van der Waals surface area contributed by atoms with E-state index in [2.05, 4.69) is 17.2 Å². The standard InChI is InChI=1S/C14H24N2O2/c1-5-6-7-9-15-12-8-10-16(11-12)13(17)18-14(2,3)4/h12,15H,7-11H2,1-4H3. The van der Waals surface area contributed by atoms with E-state index in [4.69, 9.17) is 4.74 Å². The minimum absolute atomic E-state index is 0.208. The van der Waals surface area contributed by atoms with Gasteiger partial charge in [0.1, 0.15) is 5.60 Å². The maximum atomic E-state index is 11.8. The van der Waals surface area contributed by atoms with E-state index in [1.165, 1.54) is 0 Å². The van der Waals surface area contributed by atoms with E-state index in [-0.39, 0.29) is 6.09 Å². The summed E-state index contributed by atoms with van der Waals surface area (Å²) in [6.45, 7) is 9.90. The topological polar surface area (TPSA) is 41.6 Å². The summed E-state index contributed by atoms with van der Waals surface area (Å²) in [6, 6.07) is 0.371. The van der Waals surface area contributed by atoms with Crippen LogP contribution in [0.2, 0.25) is 0 Å². The van der Waals surface area contributed by atoms with Crippen molar-refractivity contribution in [3.8, 4) is 11.8 Å². The molecule has 0 aromatic carbocycles. The molecule has 18 heavy (non-hydrogen) atoms. The minimum atomic E-state index is -0.417. The van der Waals surface area contributed by atoms with Gasteiger partial charge in [-0.25, -0.2) is 4.79 Å². The van der Waals surface area contributed by atoms with Crippen molar-refractivity contribution in [1.29, 1.82) is 0 Å². The number of nitrogens with one attached hydrogen (secondary N) is 1. The molecule has 1 unspecified atom stereocenters. The Morgan fingerprint density at radius 2 is 2.22 bits per heavy atom. The first-order chi connectivity index (χ1) is 8.42. The molecule has 1 heterocycles. The number of nitrogens with zero attached hydrogens (tertiary/aromatic N) is 1. The number of hydrogen-bond acceptors (Lipinski definition) is 3. The predicted molar refractivity (Wildman–Crippen MR) is 72.3 cm³/mol. The van der Waals surface area contributed by atoms with E-state index in [0.717, 1.165) is 32.5 Å². The number of carbonyl (C=O) groups excluding carboxylic acids is 1. The molecule has 1 saturated heterocycles. The molecule has 4 nitrogen and oxygen atoms in total. The van der Waals surface area contributed by atoms with Crippen molar-refractivity contribution in [3.63, 3.8) is 0 Å². The van der Waals surface area contributed by atoms with Crippen LogP contribution in [0, 0.1) is 11.8 Å². The lowest BCUT2D eigenvalue weighted by atomic mass is 10.2. The molecule has 1 fully saturated rings. The Bertz CT molecular complexity index is 336. The number of likely N-dealkylation sites (tertiary alicyclic amines) is 1. The Hall–Kier alpha value is -1.21. The van der Waals surface area contributed by atoms with Crippen molar-refractivity contribution in [1.82, 2.24) is 10.2 Å². The number of rotatable bonds is 3. The highest BCUT2D eigenvalue weighted by Crippen LogP contribution is 2.15. The van der Waals surface area contributed by atoms with Gasteiger partial charge in [0.05, 0.1) is 0 Å². The SMILES string of the molecule is CC#CCCNC1CCN(C(=O)OC(C)(C)C)C1. The van der Waals surface area contributed by atoms with Gasteiger partial charge in [-0.1, -0.05) is 0 Å². The molecule has 0 bridgehead atoms. The van der Waals surface area contributed by atoms with Crippen molar-refractivity contribution in [2.75, 3.05) is 19.6 Å². The molecule has 1 amide bonds. The Morgan fingerprint density at radius 1 is 1.50 bits per heavy atom. The van der Waals surface area contributed by atoms with Crippen molar-refractivity contribution in [3.05, 3.63) is 0 Å². The van der Waals surface area contributed by atoms with Crippen molar-refractivity contribution in [2.24, 2.45) is 0 Å². The molecule has 0 aromatic rings. The summed E-state index contributed by atoms with van der Waals surface area (Å²) in [6.07, 6.45) is 1.64. The van der Waals surface area contributed by atoms with Crippen LogP contribution in [0.4, 0.5) is 4.79 Å². The summed E-state index contributed by atoms with van der Waals surface area (Å²) in [5.41, 5.74) is -0.417. The van der Waals surface area contributed by atoms with Gasteiger partial charge < -0.3 is 15.0 Å². The highest BCUT2D eigenvalue weighted by Gasteiger charge is 2.29. The van der Waals surface area contributed by atoms with Crippen LogP contribution in [0.25, 0.3) is 0 Å². The van der Waals surface area contributed by atoms with Crippen LogP contribution in [-0.4, -0.2) is 42.3 Å².